The van der Waals surface area contributed by atoms with Gasteiger partial charge in [0.2, 0.25) is 0 Å². The standard InChI is InChI=1S/C10H11N3O/c11-8-3-1-2-7(4-8)5-9-6-10(14)13-12-9/h1-4,6H,5,11H2,(H2,12,13,14). The van der Waals surface area contributed by atoms with Crippen LogP contribution in [0.4, 0.5) is 5.69 Å². The Balaban J connectivity index is 2.22. The number of rotatable bonds is 2. The first-order valence-corrected chi connectivity index (χ1v) is 4.35. The number of hydrogen-bond donors (Lipinski definition) is 3. The van der Waals surface area contributed by atoms with Crippen molar-refractivity contribution >= 4 is 5.69 Å². The molecule has 1 aromatic heterocycles. The highest BCUT2D eigenvalue weighted by molar-refractivity contribution is 5.41. The minimum atomic E-state index is -0.107. The number of nitrogens with two attached hydrogens (primary N) is 1. The van der Waals surface area contributed by atoms with E-state index in [1.165, 1.54) is 0 Å². The van der Waals surface area contributed by atoms with Crippen LogP contribution in [0.2, 0.25) is 0 Å². The molecule has 4 heteroatoms. The van der Waals surface area contributed by atoms with Gasteiger partial charge in [0.25, 0.3) is 5.56 Å². The Labute approximate surface area is 80.8 Å². The van der Waals surface area contributed by atoms with Crippen LogP contribution < -0.4 is 11.3 Å². The smallest absolute Gasteiger partial charge is 0.264 e. The van der Waals surface area contributed by atoms with E-state index in [4.69, 9.17) is 5.73 Å². The normalized spacial score (nSPS) is 10.3. The summed E-state index contributed by atoms with van der Waals surface area (Å²) >= 11 is 0. The predicted octanol–water partition coefficient (Wildman–Crippen LogP) is 0.876. The number of anilines is 1. The van der Waals surface area contributed by atoms with Crippen molar-refractivity contribution in [1.29, 1.82) is 0 Å². The van der Waals surface area contributed by atoms with Gasteiger partial charge >= 0.3 is 0 Å². The number of aromatic amines is 2. The number of nitrogen functional groups attached to an aromatic ring is 1. The van der Waals surface area contributed by atoms with E-state index in [0.29, 0.717) is 6.42 Å². The van der Waals surface area contributed by atoms with Gasteiger partial charge in [-0.05, 0) is 17.7 Å². The van der Waals surface area contributed by atoms with E-state index in [1.54, 1.807) is 6.07 Å². The third kappa shape index (κ3) is 1.85. The second-order valence-corrected chi connectivity index (χ2v) is 3.21. The first-order chi connectivity index (χ1) is 6.74. The van der Waals surface area contributed by atoms with Gasteiger partial charge in [-0.15, -0.1) is 0 Å². The fourth-order valence-corrected chi connectivity index (χ4v) is 1.39. The molecule has 0 radical (unpaired) electrons. The molecule has 0 saturated carbocycles. The number of nitrogens with one attached hydrogen (secondary N) is 2. The van der Waals surface area contributed by atoms with Gasteiger partial charge in [-0.2, -0.15) is 0 Å². The summed E-state index contributed by atoms with van der Waals surface area (Å²) in [5.74, 6) is 0. The second kappa shape index (κ2) is 3.41. The Bertz CT molecular complexity index is 484. The summed E-state index contributed by atoms with van der Waals surface area (Å²) in [6, 6.07) is 9.15. The lowest BCUT2D eigenvalue weighted by molar-refractivity contribution is 0.983. The highest BCUT2D eigenvalue weighted by Crippen LogP contribution is 2.09. The monoisotopic (exact) mass is 189 g/mol. The molecule has 4 nitrogen and oxygen atoms in total. The van der Waals surface area contributed by atoms with Gasteiger partial charge < -0.3 is 10.8 Å². The summed E-state index contributed by atoms with van der Waals surface area (Å²) in [5, 5.41) is 5.29. The van der Waals surface area contributed by atoms with Gasteiger partial charge in [0, 0.05) is 23.9 Å². The zero-order chi connectivity index (χ0) is 9.97. The minimum absolute atomic E-state index is 0.107. The largest absolute Gasteiger partial charge is 0.399 e. The van der Waals surface area contributed by atoms with Crippen molar-refractivity contribution in [1.82, 2.24) is 10.2 Å². The van der Waals surface area contributed by atoms with Crippen LogP contribution in [0.15, 0.2) is 35.1 Å². The molecule has 2 aromatic rings. The maximum Gasteiger partial charge on any atom is 0.264 e. The molecule has 14 heavy (non-hydrogen) atoms. The molecule has 1 heterocycles. The topological polar surface area (TPSA) is 74.7 Å². The first-order valence-electron chi connectivity index (χ1n) is 4.35. The number of H-pyrrole nitrogens is 2. The van der Waals surface area contributed by atoms with E-state index >= 15 is 0 Å². The predicted molar refractivity (Wildman–Crippen MR) is 55.1 cm³/mol. The fourth-order valence-electron chi connectivity index (χ4n) is 1.39. The molecule has 0 bridgehead atoms. The summed E-state index contributed by atoms with van der Waals surface area (Å²) in [6.45, 7) is 0. The van der Waals surface area contributed by atoms with Crippen molar-refractivity contribution in [3.05, 3.63) is 51.9 Å². The molecule has 0 unspecified atom stereocenters. The molecular formula is C10H11N3O. The van der Waals surface area contributed by atoms with E-state index < -0.39 is 0 Å². The Morgan fingerprint density at radius 3 is 2.71 bits per heavy atom. The van der Waals surface area contributed by atoms with Crippen LogP contribution in [0.5, 0.6) is 0 Å². The number of benzene rings is 1. The van der Waals surface area contributed by atoms with Gasteiger partial charge in [-0.3, -0.25) is 9.89 Å². The lowest BCUT2D eigenvalue weighted by Gasteiger charge is -1.99. The van der Waals surface area contributed by atoms with Crippen LogP contribution in [0, 0.1) is 0 Å². The zero-order valence-corrected chi connectivity index (χ0v) is 7.58. The van der Waals surface area contributed by atoms with Gasteiger partial charge in [-0.25, -0.2) is 0 Å². The average Bonchev–Trinajstić information content (AvgIpc) is 2.51. The molecule has 2 rings (SSSR count). The van der Waals surface area contributed by atoms with Crippen LogP contribution in [-0.4, -0.2) is 10.2 Å². The maximum absolute atomic E-state index is 10.8. The van der Waals surface area contributed by atoms with Crippen LogP contribution >= 0.6 is 0 Å². The molecule has 0 fully saturated rings. The number of hydrogen-bond acceptors (Lipinski definition) is 2. The van der Waals surface area contributed by atoms with Crippen molar-refractivity contribution in [2.45, 2.75) is 6.42 Å². The molecule has 0 aliphatic carbocycles. The molecule has 0 atom stereocenters. The van der Waals surface area contributed by atoms with Crippen LogP contribution in [0.1, 0.15) is 11.3 Å². The van der Waals surface area contributed by atoms with Gasteiger partial charge in [-0.1, -0.05) is 12.1 Å². The van der Waals surface area contributed by atoms with Gasteiger partial charge in [0.1, 0.15) is 0 Å². The summed E-state index contributed by atoms with van der Waals surface area (Å²) in [7, 11) is 0. The fraction of sp³-hybridized carbons (Fsp3) is 0.100. The van der Waals surface area contributed by atoms with Crippen LogP contribution in [0.25, 0.3) is 0 Å². The van der Waals surface area contributed by atoms with E-state index in [9.17, 15) is 4.79 Å². The quantitative estimate of drug-likeness (QED) is 0.613. The van der Waals surface area contributed by atoms with Crippen molar-refractivity contribution in [2.75, 3.05) is 5.73 Å². The van der Waals surface area contributed by atoms with Crippen molar-refractivity contribution < 1.29 is 0 Å². The molecular weight excluding hydrogens is 178 g/mol. The SMILES string of the molecule is Nc1cccc(Cc2cc(=O)[nH][nH]2)c1. The Hall–Kier alpha value is -1.97. The van der Waals surface area contributed by atoms with E-state index in [2.05, 4.69) is 10.2 Å². The highest BCUT2D eigenvalue weighted by Gasteiger charge is 1.98. The Morgan fingerprint density at radius 2 is 2.07 bits per heavy atom. The summed E-state index contributed by atoms with van der Waals surface area (Å²) in [4.78, 5) is 10.8. The maximum atomic E-state index is 10.8. The van der Waals surface area contributed by atoms with Gasteiger partial charge in [0.15, 0.2) is 0 Å². The molecule has 72 valence electrons. The third-order valence-corrected chi connectivity index (χ3v) is 2.00. The summed E-state index contributed by atoms with van der Waals surface area (Å²) in [5.41, 5.74) is 8.21. The molecule has 0 amide bonds. The van der Waals surface area contributed by atoms with Crippen LogP contribution in [-0.2, 0) is 6.42 Å². The van der Waals surface area contributed by atoms with Crippen molar-refractivity contribution in [2.24, 2.45) is 0 Å². The second-order valence-electron chi connectivity index (χ2n) is 3.21. The lowest BCUT2D eigenvalue weighted by atomic mass is 10.1. The van der Waals surface area contributed by atoms with E-state index in [-0.39, 0.29) is 5.56 Å². The summed E-state index contributed by atoms with van der Waals surface area (Å²) in [6.07, 6.45) is 0.684. The zero-order valence-electron chi connectivity index (χ0n) is 7.58. The highest BCUT2D eigenvalue weighted by atomic mass is 16.1. The molecule has 0 spiro atoms. The lowest BCUT2D eigenvalue weighted by Crippen LogP contribution is -1.94. The molecule has 1 aromatic carbocycles. The van der Waals surface area contributed by atoms with Crippen molar-refractivity contribution in [3.8, 4) is 0 Å². The molecule has 0 aliphatic heterocycles. The van der Waals surface area contributed by atoms with E-state index in [1.807, 2.05) is 24.3 Å². The van der Waals surface area contributed by atoms with Crippen molar-refractivity contribution in [3.63, 3.8) is 0 Å². The Morgan fingerprint density at radius 1 is 1.21 bits per heavy atom. The molecule has 0 saturated heterocycles. The minimum Gasteiger partial charge on any atom is -0.399 e. The molecule has 0 aliphatic rings. The van der Waals surface area contributed by atoms with E-state index in [0.717, 1.165) is 16.9 Å². The third-order valence-electron chi connectivity index (χ3n) is 2.00. The summed E-state index contributed by atoms with van der Waals surface area (Å²) < 4.78 is 0. The first kappa shape index (κ1) is 8.62. The number of aromatic nitrogens is 2. The average molecular weight is 189 g/mol. The van der Waals surface area contributed by atoms with Gasteiger partial charge in [0.05, 0.1) is 0 Å². The Kier molecular flexibility index (Phi) is 2.10. The molecule has 4 N–H and O–H groups in total. The van der Waals surface area contributed by atoms with Crippen LogP contribution in [0.3, 0.4) is 0 Å².